The maximum Gasteiger partial charge on any atom is 0.273 e. The molecule has 1 aliphatic heterocycles. The highest BCUT2D eigenvalue weighted by Gasteiger charge is 2.33. The lowest BCUT2D eigenvalue weighted by molar-refractivity contribution is 0.0654. The van der Waals surface area contributed by atoms with Crippen LogP contribution in [0.4, 0.5) is 0 Å². The average molecular weight is 352 g/mol. The van der Waals surface area contributed by atoms with Gasteiger partial charge in [-0.3, -0.25) is 10.2 Å². The smallest absolute Gasteiger partial charge is 0.273 e. The molecule has 0 saturated carbocycles. The molecule has 0 bridgehead atoms. The summed E-state index contributed by atoms with van der Waals surface area (Å²) in [7, 11) is 1.58. The molecule has 0 radical (unpaired) electrons. The highest BCUT2D eigenvalue weighted by Crippen LogP contribution is 2.34. The fourth-order valence-corrected chi connectivity index (χ4v) is 3.48. The van der Waals surface area contributed by atoms with Gasteiger partial charge in [0.1, 0.15) is 17.6 Å². The van der Waals surface area contributed by atoms with Crippen LogP contribution in [-0.4, -0.2) is 18.0 Å². The first-order valence-electron chi connectivity index (χ1n) is 7.79. The van der Waals surface area contributed by atoms with E-state index in [-0.39, 0.29) is 11.9 Å². The highest BCUT2D eigenvalue weighted by atomic mass is 32.1. The number of hydrogen-bond donors (Lipinski definition) is 1. The predicted octanol–water partition coefficient (Wildman–Crippen LogP) is 4.09. The summed E-state index contributed by atoms with van der Waals surface area (Å²) in [4.78, 5) is 14.1. The van der Waals surface area contributed by atoms with Gasteiger partial charge in [-0.2, -0.15) is 0 Å². The Morgan fingerprint density at radius 2 is 2.16 bits per heavy atom. The second-order valence-corrected chi connectivity index (χ2v) is 6.48. The highest BCUT2D eigenvalue weighted by molar-refractivity contribution is 7.11. The van der Waals surface area contributed by atoms with Crippen molar-refractivity contribution in [2.75, 3.05) is 7.11 Å². The molecular formula is C19H16N2O3S. The van der Waals surface area contributed by atoms with Crippen molar-refractivity contribution in [1.82, 2.24) is 10.4 Å². The van der Waals surface area contributed by atoms with Crippen LogP contribution in [0.2, 0.25) is 0 Å². The number of carbonyl (C=O) groups is 1. The van der Waals surface area contributed by atoms with Crippen molar-refractivity contribution >= 4 is 22.9 Å². The fourth-order valence-electron chi connectivity index (χ4n) is 2.78. The minimum atomic E-state index is -0.314. The molecule has 3 heterocycles. The summed E-state index contributed by atoms with van der Waals surface area (Å²) >= 11 is 1.62. The van der Waals surface area contributed by atoms with E-state index in [0.29, 0.717) is 17.1 Å². The second kappa shape index (κ2) is 6.49. The summed E-state index contributed by atoms with van der Waals surface area (Å²) in [5, 5.41) is 3.59. The van der Waals surface area contributed by atoms with Crippen molar-refractivity contribution in [1.29, 1.82) is 0 Å². The van der Waals surface area contributed by atoms with Crippen molar-refractivity contribution in [3.63, 3.8) is 0 Å². The van der Waals surface area contributed by atoms with Crippen molar-refractivity contribution < 1.29 is 13.9 Å². The Balaban J connectivity index is 1.68. The van der Waals surface area contributed by atoms with Gasteiger partial charge < -0.3 is 9.15 Å². The molecule has 126 valence electrons. The van der Waals surface area contributed by atoms with Crippen molar-refractivity contribution in [3.05, 3.63) is 82.5 Å². The Labute approximate surface area is 149 Å². The van der Waals surface area contributed by atoms with Crippen LogP contribution in [0.1, 0.15) is 27.0 Å². The van der Waals surface area contributed by atoms with Gasteiger partial charge in [-0.05, 0) is 47.9 Å². The van der Waals surface area contributed by atoms with E-state index in [9.17, 15) is 4.79 Å². The number of amides is 1. The van der Waals surface area contributed by atoms with Crippen LogP contribution in [0.15, 0.2) is 70.7 Å². The van der Waals surface area contributed by atoms with E-state index >= 15 is 0 Å². The molecule has 6 heteroatoms. The lowest BCUT2D eigenvalue weighted by Crippen LogP contribution is -2.39. The van der Waals surface area contributed by atoms with E-state index in [4.69, 9.17) is 9.15 Å². The van der Waals surface area contributed by atoms with E-state index in [0.717, 1.165) is 10.6 Å². The third-order valence-electron chi connectivity index (χ3n) is 4.00. The van der Waals surface area contributed by atoms with Crippen LogP contribution in [0.5, 0.6) is 5.75 Å². The summed E-state index contributed by atoms with van der Waals surface area (Å²) in [6.45, 7) is 0. The quantitative estimate of drug-likeness (QED) is 0.768. The van der Waals surface area contributed by atoms with Crippen molar-refractivity contribution in [3.8, 4) is 5.75 Å². The summed E-state index contributed by atoms with van der Waals surface area (Å²) in [5.41, 5.74) is 4.66. The molecule has 5 nitrogen and oxygen atoms in total. The standard InChI is InChI=1S/C19H16N2O3S/c1-23-14-6-2-5-13(11-14)19(22)21-16(17-7-3-9-24-17)12-15(20-21)18-8-4-10-25-18/h2-12,16,20H,1H3/t16-/m0/s1. The number of benzene rings is 1. The zero-order chi connectivity index (χ0) is 17.2. The van der Waals surface area contributed by atoms with Gasteiger partial charge in [-0.15, -0.1) is 11.3 Å². The summed E-state index contributed by atoms with van der Waals surface area (Å²) < 4.78 is 10.8. The van der Waals surface area contributed by atoms with E-state index < -0.39 is 0 Å². The van der Waals surface area contributed by atoms with Crippen LogP contribution < -0.4 is 10.2 Å². The van der Waals surface area contributed by atoms with Gasteiger partial charge >= 0.3 is 0 Å². The van der Waals surface area contributed by atoms with Crippen molar-refractivity contribution in [2.45, 2.75) is 6.04 Å². The van der Waals surface area contributed by atoms with Gasteiger partial charge in [-0.1, -0.05) is 12.1 Å². The third-order valence-corrected chi connectivity index (χ3v) is 4.90. The lowest BCUT2D eigenvalue weighted by Gasteiger charge is -2.24. The van der Waals surface area contributed by atoms with E-state index in [2.05, 4.69) is 5.43 Å². The molecule has 1 aliphatic rings. The number of hydrogen-bond acceptors (Lipinski definition) is 5. The number of ether oxygens (including phenoxy) is 1. The minimum absolute atomic E-state index is 0.150. The third kappa shape index (κ3) is 2.92. The first kappa shape index (κ1) is 15.5. The Morgan fingerprint density at radius 1 is 1.24 bits per heavy atom. The SMILES string of the molecule is COc1cccc(C(=O)N2NC(c3cccs3)=C[C@H]2c2ccco2)c1. The predicted molar refractivity (Wildman–Crippen MR) is 96.0 cm³/mol. The molecular weight excluding hydrogens is 336 g/mol. The van der Waals surface area contributed by atoms with Gasteiger partial charge in [0.2, 0.25) is 0 Å². The Kier molecular flexibility index (Phi) is 4.03. The molecule has 3 aromatic rings. The number of rotatable bonds is 4. The first-order chi connectivity index (χ1) is 12.3. The summed E-state index contributed by atoms with van der Waals surface area (Å²) in [5.74, 6) is 1.20. The molecule has 4 rings (SSSR count). The number of hydrazine groups is 1. The second-order valence-electron chi connectivity index (χ2n) is 5.54. The molecule has 0 aliphatic carbocycles. The molecule has 1 amide bonds. The molecule has 1 atom stereocenters. The van der Waals surface area contributed by atoms with Gasteiger partial charge in [-0.25, -0.2) is 5.01 Å². The van der Waals surface area contributed by atoms with Crippen LogP contribution >= 0.6 is 11.3 Å². The van der Waals surface area contributed by atoms with Gasteiger partial charge in [0, 0.05) is 5.56 Å². The molecule has 0 spiro atoms. The Hall–Kier alpha value is -2.99. The first-order valence-corrected chi connectivity index (χ1v) is 8.67. The van der Waals surface area contributed by atoms with E-state index in [1.807, 2.05) is 41.8 Å². The number of thiophene rings is 1. The molecule has 0 fully saturated rings. The average Bonchev–Trinajstić information content (AvgIpc) is 3.41. The minimum Gasteiger partial charge on any atom is -0.497 e. The van der Waals surface area contributed by atoms with Crippen LogP contribution in [0.25, 0.3) is 5.70 Å². The van der Waals surface area contributed by atoms with Gasteiger partial charge in [0.25, 0.3) is 5.91 Å². The number of furan rings is 1. The van der Waals surface area contributed by atoms with Crippen molar-refractivity contribution in [2.24, 2.45) is 0 Å². The van der Waals surface area contributed by atoms with Crippen LogP contribution in [0, 0.1) is 0 Å². The van der Waals surface area contributed by atoms with Gasteiger partial charge in [0.15, 0.2) is 0 Å². The fraction of sp³-hybridized carbons (Fsp3) is 0.105. The van der Waals surface area contributed by atoms with Crippen LogP contribution in [-0.2, 0) is 0 Å². The summed E-state index contributed by atoms with van der Waals surface area (Å²) in [6.07, 6.45) is 3.61. The monoisotopic (exact) mass is 352 g/mol. The molecule has 25 heavy (non-hydrogen) atoms. The maximum atomic E-state index is 13.1. The van der Waals surface area contributed by atoms with E-state index in [1.165, 1.54) is 0 Å². The summed E-state index contributed by atoms with van der Waals surface area (Å²) in [6, 6.07) is 14.5. The number of nitrogens with zero attached hydrogens (tertiary/aromatic N) is 1. The van der Waals surface area contributed by atoms with Gasteiger partial charge in [0.05, 0.1) is 23.9 Å². The van der Waals surface area contributed by atoms with E-state index in [1.54, 1.807) is 47.9 Å². The molecule has 1 N–H and O–H groups in total. The van der Waals surface area contributed by atoms with Crippen LogP contribution in [0.3, 0.4) is 0 Å². The molecule has 0 unspecified atom stereocenters. The number of nitrogens with one attached hydrogen (secondary N) is 1. The molecule has 2 aromatic heterocycles. The normalized spacial score (nSPS) is 16.4. The molecule has 1 aromatic carbocycles. The topological polar surface area (TPSA) is 54.7 Å². The maximum absolute atomic E-state index is 13.1. The lowest BCUT2D eigenvalue weighted by atomic mass is 10.1. The number of carbonyl (C=O) groups excluding carboxylic acids is 1. The Bertz CT molecular complexity index is 901. The Morgan fingerprint density at radius 3 is 2.88 bits per heavy atom. The zero-order valence-electron chi connectivity index (χ0n) is 13.5. The largest absolute Gasteiger partial charge is 0.497 e. The number of methoxy groups -OCH3 is 1. The zero-order valence-corrected chi connectivity index (χ0v) is 14.3. The molecule has 0 saturated heterocycles.